The minimum atomic E-state index is -0.547. The molecule has 1 aliphatic heterocycles. The predicted octanol–water partition coefficient (Wildman–Crippen LogP) is 4.00. The Morgan fingerprint density at radius 1 is 1.23 bits per heavy atom. The Labute approximate surface area is 182 Å². The SMILES string of the molecule is Cc1nn(-c2ccc(F)cc2)c(C)c1C(=O)N1C[C@@H](CNC(=O)OC(C)(C)C)C[C@@H]1C. The zero-order valence-corrected chi connectivity index (χ0v) is 19.0. The first-order chi connectivity index (χ1) is 14.5. The lowest BCUT2D eigenvalue weighted by atomic mass is 10.1. The van der Waals surface area contributed by atoms with Gasteiger partial charge in [-0.3, -0.25) is 4.79 Å². The minimum Gasteiger partial charge on any atom is -0.444 e. The molecule has 3 rings (SSSR count). The van der Waals surface area contributed by atoms with Crippen molar-refractivity contribution >= 4 is 12.0 Å². The summed E-state index contributed by atoms with van der Waals surface area (Å²) >= 11 is 0. The molecule has 0 aliphatic carbocycles. The maximum Gasteiger partial charge on any atom is 0.407 e. The van der Waals surface area contributed by atoms with Gasteiger partial charge < -0.3 is 15.0 Å². The molecular weight excluding hydrogens is 399 g/mol. The highest BCUT2D eigenvalue weighted by molar-refractivity contribution is 5.97. The summed E-state index contributed by atoms with van der Waals surface area (Å²) in [5.41, 5.74) is 2.08. The molecule has 0 radical (unpaired) electrons. The quantitative estimate of drug-likeness (QED) is 0.795. The molecule has 7 nitrogen and oxygen atoms in total. The van der Waals surface area contributed by atoms with Gasteiger partial charge in [-0.2, -0.15) is 5.10 Å². The zero-order valence-electron chi connectivity index (χ0n) is 19.0. The molecule has 1 aromatic heterocycles. The maximum absolute atomic E-state index is 13.4. The van der Waals surface area contributed by atoms with Crippen LogP contribution in [0.1, 0.15) is 55.9 Å². The molecule has 2 aromatic rings. The Hall–Kier alpha value is -2.90. The van der Waals surface area contributed by atoms with Crippen LogP contribution in [0.3, 0.4) is 0 Å². The van der Waals surface area contributed by atoms with Crippen molar-refractivity contribution in [2.75, 3.05) is 13.1 Å². The van der Waals surface area contributed by atoms with E-state index in [-0.39, 0.29) is 23.7 Å². The number of hydrogen-bond acceptors (Lipinski definition) is 4. The van der Waals surface area contributed by atoms with Crippen LogP contribution in [0.2, 0.25) is 0 Å². The predicted molar refractivity (Wildman–Crippen MR) is 116 cm³/mol. The summed E-state index contributed by atoms with van der Waals surface area (Å²) in [6.45, 7) is 12.1. The van der Waals surface area contributed by atoms with Crippen LogP contribution in [-0.4, -0.2) is 51.4 Å². The van der Waals surface area contributed by atoms with Crippen LogP contribution < -0.4 is 5.32 Å². The first kappa shape index (κ1) is 22.8. The van der Waals surface area contributed by atoms with E-state index in [0.717, 1.165) is 12.1 Å². The van der Waals surface area contributed by atoms with Crippen molar-refractivity contribution in [2.45, 2.75) is 59.6 Å². The van der Waals surface area contributed by atoms with Gasteiger partial charge in [0.05, 0.1) is 22.6 Å². The van der Waals surface area contributed by atoms with Gasteiger partial charge in [0.25, 0.3) is 5.91 Å². The van der Waals surface area contributed by atoms with E-state index in [4.69, 9.17) is 4.74 Å². The third-order valence-corrected chi connectivity index (χ3v) is 5.43. The van der Waals surface area contributed by atoms with Crippen molar-refractivity contribution in [1.82, 2.24) is 20.0 Å². The molecule has 31 heavy (non-hydrogen) atoms. The van der Waals surface area contributed by atoms with E-state index < -0.39 is 11.7 Å². The highest BCUT2D eigenvalue weighted by atomic mass is 19.1. The highest BCUT2D eigenvalue weighted by Gasteiger charge is 2.35. The van der Waals surface area contributed by atoms with Crippen LogP contribution in [0, 0.1) is 25.6 Å². The number of hydrogen-bond donors (Lipinski definition) is 1. The Balaban J connectivity index is 1.70. The fourth-order valence-corrected chi connectivity index (χ4v) is 4.04. The first-order valence-corrected chi connectivity index (χ1v) is 10.6. The van der Waals surface area contributed by atoms with E-state index in [1.807, 2.05) is 46.4 Å². The first-order valence-electron chi connectivity index (χ1n) is 10.6. The molecule has 0 unspecified atom stereocenters. The lowest BCUT2D eigenvalue weighted by Crippen LogP contribution is -2.37. The molecule has 1 aromatic carbocycles. The lowest BCUT2D eigenvalue weighted by molar-refractivity contribution is 0.0520. The molecule has 2 amide bonds. The van der Waals surface area contributed by atoms with Gasteiger partial charge in [-0.1, -0.05) is 0 Å². The van der Waals surface area contributed by atoms with E-state index in [0.29, 0.717) is 30.0 Å². The van der Waals surface area contributed by atoms with E-state index >= 15 is 0 Å². The number of amides is 2. The van der Waals surface area contributed by atoms with Crippen molar-refractivity contribution in [3.63, 3.8) is 0 Å². The average Bonchev–Trinajstić information content (AvgIpc) is 3.18. The summed E-state index contributed by atoms with van der Waals surface area (Å²) < 4.78 is 20.2. The lowest BCUT2D eigenvalue weighted by Gasteiger charge is -2.22. The number of rotatable bonds is 4. The molecule has 0 spiro atoms. The number of aromatic nitrogens is 2. The molecule has 1 N–H and O–H groups in total. The molecular formula is C23H31FN4O3. The van der Waals surface area contributed by atoms with Gasteiger partial charge in [-0.25, -0.2) is 13.9 Å². The number of likely N-dealkylation sites (tertiary alicyclic amines) is 1. The van der Waals surface area contributed by atoms with Crippen molar-refractivity contribution < 1.29 is 18.7 Å². The van der Waals surface area contributed by atoms with E-state index in [1.165, 1.54) is 12.1 Å². The molecule has 168 valence electrons. The molecule has 1 aliphatic rings. The summed E-state index contributed by atoms with van der Waals surface area (Å²) in [6, 6.07) is 6.07. The van der Waals surface area contributed by atoms with E-state index in [1.54, 1.807) is 16.8 Å². The van der Waals surface area contributed by atoms with Crippen LogP contribution >= 0.6 is 0 Å². The fraction of sp³-hybridized carbons (Fsp3) is 0.522. The number of carbonyl (C=O) groups excluding carboxylic acids is 2. The number of nitrogens with zero attached hydrogens (tertiary/aromatic N) is 3. The molecule has 2 atom stereocenters. The summed E-state index contributed by atoms with van der Waals surface area (Å²) in [4.78, 5) is 27.1. The summed E-state index contributed by atoms with van der Waals surface area (Å²) in [5, 5.41) is 7.32. The van der Waals surface area contributed by atoms with Crippen LogP contribution in [0.25, 0.3) is 5.69 Å². The van der Waals surface area contributed by atoms with E-state index in [2.05, 4.69) is 10.4 Å². The van der Waals surface area contributed by atoms with Crippen LogP contribution in [0.4, 0.5) is 9.18 Å². The highest BCUT2D eigenvalue weighted by Crippen LogP contribution is 2.27. The van der Waals surface area contributed by atoms with Crippen molar-refractivity contribution in [3.05, 3.63) is 47.0 Å². The summed E-state index contributed by atoms with van der Waals surface area (Å²) in [6.07, 6.45) is 0.350. The number of aryl methyl sites for hydroxylation is 1. The number of benzene rings is 1. The molecule has 1 fully saturated rings. The average molecular weight is 431 g/mol. The fourth-order valence-electron chi connectivity index (χ4n) is 4.04. The van der Waals surface area contributed by atoms with Gasteiger partial charge in [0, 0.05) is 19.1 Å². The van der Waals surface area contributed by atoms with Crippen LogP contribution in [-0.2, 0) is 4.74 Å². The van der Waals surface area contributed by atoms with Gasteiger partial charge in [0.15, 0.2) is 0 Å². The Morgan fingerprint density at radius 2 is 1.87 bits per heavy atom. The molecule has 1 saturated heterocycles. The van der Waals surface area contributed by atoms with Crippen molar-refractivity contribution in [3.8, 4) is 5.69 Å². The molecule has 0 bridgehead atoms. The number of carbonyl (C=O) groups is 2. The van der Waals surface area contributed by atoms with Crippen LogP contribution in [0.5, 0.6) is 0 Å². The van der Waals surface area contributed by atoms with Gasteiger partial charge in [0.1, 0.15) is 11.4 Å². The summed E-state index contributed by atoms with van der Waals surface area (Å²) in [5.74, 6) is -0.242. The van der Waals surface area contributed by atoms with Gasteiger partial charge >= 0.3 is 6.09 Å². The normalized spacial score (nSPS) is 18.9. The number of halogens is 1. The van der Waals surface area contributed by atoms with Gasteiger partial charge in [-0.05, 0) is 78.1 Å². The zero-order chi connectivity index (χ0) is 22.9. The van der Waals surface area contributed by atoms with Crippen molar-refractivity contribution in [1.29, 1.82) is 0 Å². The minimum absolute atomic E-state index is 0.0471. The number of alkyl carbamates (subject to hydrolysis) is 1. The number of nitrogens with one attached hydrogen (secondary N) is 1. The second-order valence-corrected chi connectivity index (χ2v) is 9.23. The smallest absolute Gasteiger partial charge is 0.407 e. The monoisotopic (exact) mass is 430 g/mol. The number of ether oxygens (including phenoxy) is 1. The third-order valence-electron chi connectivity index (χ3n) is 5.43. The molecule has 2 heterocycles. The summed E-state index contributed by atoms with van der Waals surface area (Å²) in [7, 11) is 0. The van der Waals surface area contributed by atoms with Gasteiger partial charge in [-0.15, -0.1) is 0 Å². The topological polar surface area (TPSA) is 76.5 Å². The molecule has 0 saturated carbocycles. The van der Waals surface area contributed by atoms with Crippen molar-refractivity contribution in [2.24, 2.45) is 5.92 Å². The standard InChI is InChI=1S/C23H31FN4O3/c1-14-11-17(12-25-22(30)31-23(4,5)6)13-27(14)21(29)20-15(2)26-28(16(20)3)19-9-7-18(24)8-10-19/h7-10,14,17H,11-13H2,1-6H3,(H,25,30)/t14-,17+/m0/s1. The maximum atomic E-state index is 13.4. The van der Waals surface area contributed by atoms with E-state index in [9.17, 15) is 14.0 Å². The Morgan fingerprint density at radius 3 is 2.48 bits per heavy atom. The third kappa shape index (κ3) is 5.24. The van der Waals surface area contributed by atoms with Gasteiger partial charge in [0.2, 0.25) is 0 Å². The largest absolute Gasteiger partial charge is 0.444 e. The second kappa shape index (κ2) is 8.69. The Bertz CT molecular complexity index is 962. The second-order valence-electron chi connectivity index (χ2n) is 9.23. The Kier molecular flexibility index (Phi) is 6.38. The van der Waals surface area contributed by atoms with Crippen LogP contribution in [0.15, 0.2) is 24.3 Å². The molecule has 8 heteroatoms.